The SMILES string of the molecule is NC(=S)c1ccc(Cn2nc3cnccn3c2=O)c(Cl)c1. The number of thiocarbonyl (C=S) groups is 1. The molecule has 0 atom stereocenters. The van der Waals surface area contributed by atoms with Crippen molar-refractivity contribution in [3.63, 3.8) is 0 Å². The van der Waals surface area contributed by atoms with Crippen LogP contribution in [0.25, 0.3) is 5.65 Å². The van der Waals surface area contributed by atoms with Gasteiger partial charge < -0.3 is 5.73 Å². The molecule has 0 bridgehead atoms. The first-order chi connectivity index (χ1) is 10.1. The summed E-state index contributed by atoms with van der Waals surface area (Å²) in [5.74, 6) is 0. The highest BCUT2D eigenvalue weighted by Gasteiger charge is 2.10. The van der Waals surface area contributed by atoms with Gasteiger partial charge in [-0.2, -0.15) is 0 Å². The molecular weight excluding hydrogens is 310 g/mol. The summed E-state index contributed by atoms with van der Waals surface area (Å²) < 4.78 is 2.75. The summed E-state index contributed by atoms with van der Waals surface area (Å²) in [7, 11) is 0. The number of benzene rings is 1. The minimum atomic E-state index is -0.248. The Hall–Kier alpha value is -2.25. The number of nitrogens with two attached hydrogens (primary N) is 1. The van der Waals surface area contributed by atoms with Crippen molar-refractivity contribution in [1.82, 2.24) is 19.2 Å². The maximum Gasteiger partial charge on any atom is 0.350 e. The summed E-state index contributed by atoms with van der Waals surface area (Å²) in [4.78, 5) is 16.4. The number of nitrogens with zero attached hydrogens (tertiary/aromatic N) is 4. The van der Waals surface area contributed by atoms with Gasteiger partial charge in [-0.25, -0.2) is 13.9 Å². The Morgan fingerprint density at radius 2 is 2.24 bits per heavy atom. The van der Waals surface area contributed by atoms with Gasteiger partial charge in [0, 0.05) is 23.0 Å². The molecule has 6 nitrogen and oxygen atoms in total. The summed E-state index contributed by atoms with van der Waals surface area (Å²) in [6.45, 7) is 0.261. The molecule has 0 saturated heterocycles. The smallest absolute Gasteiger partial charge is 0.350 e. The number of aromatic nitrogens is 4. The van der Waals surface area contributed by atoms with Crippen LogP contribution in [0.5, 0.6) is 0 Å². The monoisotopic (exact) mass is 319 g/mol. The van der Waals surface area contributed by atoms with Crippen LogP contribution in [0.15, 0.2) is 41.6 Å². The summed E-state index contributed by atoms with van der Waals surface area (Å²) in [6, 6.07) is 5.24. The van der Waals surface area contributed by atoms with Gasteiger partial charge in [0.05, 0.1) is 12.7 Å². The van der Waals surface area contributed by atoms with Crippen LogP contribution in [0.2, 0.25) is 5.02 Å². The van der Waals surface area contributed by atoms with Gasteiger partial charge in [-0.3, -0.25) is 4.98 Å². The third kappa shape index (κ3) is 2.53. The van der Waals surface area contributed by atoms with Crippen molar-refractivity contribution in [3.8, 4) is 0 Å². The molecule has 0 aliphatic carbocycles. The van der Waals surface area contributed by atoms with Gasteiger partial charge in [0.2, 0.25) is 0 Å². The average molecular weight is 320 g/mol. The molecule has 3 aromatic rings. The topological polar surface area (TPSA) is 78.2 Å². The lowest BCUT2D eigenvalue weighted by molar-refractivity contribution is 0.659. The Bertz CT molecular complexity index is 901. The molecule has 0 aliphatic rings. The van der Waals surface area contributed by atoms with Crippen molar-refractivity contribution in [2.24, 2.45) is 5.73 Å². The molecule has 0 amide bonds. The highest BCUT2D eigenvalue weighted by atomic mass is 35.5. The van der Waals surface area contributed by atoms with Crippen molar-refractivity contribution >= 4 is 34.5 Å². The largest absolute Gasteiger partial charge is 0.389 e. The van der Waals surface area contributed by atoms with Crippen molar-refractivity contribution in [2.75, 3.05) is 0 Å². The maximum atomic E-state index is 12.2. The minimum Gasteiger partial charge on any atom is -0.389 e. The van der Waals surface area contributed by atoms with Crippen LogP contribution in [0.3, 0.4) is 0 Å². The highest BCUT2D eigenvalue weighted by Crippen LogP contribution is 2.18. The second kappa shape index (κ2) is 5.27. The predicted octanol–water partition coefficient (Wildman–Crippen LogP) is 1.23. The number of hydrogen-bond donors (Lipinski definition) is 1. The third-order valence-electron chi connectivity index (χ3n) is 3.05. The van der Waals surface area contributed by atoms with E-state index in [0.717, 1.165) is 5.56 Å². The second-order valence-corrected chi connectivity index (χ2v) is 5.26. The van der Waals surface area contributed by atoms with Crippen molar-refractivity contribution in [2.45, 2.75) is 6.54 Å². The fourth-order valence-corrected chi connectivity index (χ4v) is 2.34. The molecular formula is C13H10ClN5OS. The Morgan fingerprint density at radius 3 is 2.90 bits per heavy atom. The van der Waals surface area contributed by atoms with E-state index < -0.39 is 0 Å². The lowest BCUT2D eigenvalue weighted by Crippen LogP contribution is -2.21. The number of halogens is 1. The molecule has 0 fully saturated rings. The van der Waals surface area contributed by atoms with E-state index in [0.29, 0.717) is 16.2 Å². The molecule has 0 saturated carbocycles. The number of hydrogen-bond acceptors (Lipinski definition) is 4. The van der Waals surface area contributed by atoms with Crippen molar-refractivity contribution in [1.29, 1.82) is 0 Å². The third-order valence-corrected chi connectivity index (χ3v) is 3.63. The van der Waals surface area contributed by atoms with Crippen LogP contribution in [0.1, 0.15) is 11.1 Å². The van der Waals surface area contributed by atoms with Crippen LogP contribution in [0, 0.1) is 0 Å². The standard InChI is InChI=1S/C13H10ClN5OS/c14-10-5-8(12(15)21)1-2-9(10)7-19-13(20)18-4-3-16-6-11(18)17-19/h1-6H,7H2,(H2,15,21). The number of fused-ring (bicyclic) bond motifs is 1. The Balaban J connectivity index is 2.01. The van der Waals surface area contributed by atoms with Crippen LogP contribution >= 0.6 is 23.8 Å². The fourth-order valence-electron chi connectivity index (χ4n) is 1.97. The summed E-state index contributed by atoms with van der Waals surface area (Å²) >= 11 is 11.1. The van der Waals surface area contributed by atoms with E-state index in [2.05, 4.69) is 10.1 Å². The minimum absolute atomic E-state index is 0.248. The Kier molecular flexibility index (Phi) is 3.44. The molecule has 0 aliphatic heterocycles. The number of rotatable bonds is 3. The van der Waals surface area contributed by atoms with Gasteiger partial charge in [0.15, 0.2) is 5.65 Å². The van der Waals surface area contributed by atoms with E-state index in [1.54, 1.807) is 24.4 Å². The van der Waals surface area contributed by atoms with Crippen LogP contribution in [-0.4, -0.2) is 24.2 Å². The molecule has 106 valence electrons. The molecule has 0 unspecified atom stereocenters. The zero-order valence-electron chi connectivity index (χ0n) is 10.7. The highest BCUT2D eigenvalue weighted by molar-refractivity contribution is 7.80. The molecule has 8 heteroatoms. The molecule has 2 heterocycles. The normalized spacial score (nSPS) is 10.9. The van der Waals surface area contributed by atoms with Gasteiger partial charge in [0.1, 0.15) is 4.99 Å². The summed E-state index contributed by atoms with van der Waals surface area (Å²) in [5.41, 5.74) is 7.24. The molecule has 1 aromatic carbocycles. The summed E-state index contributed by atoms with van der Waals surface area (Å²) in [5, 5.41) is 4.69. The lowest BCUT2D eigenvalue weighted by atomic mass is 10.1. The lowest BCUT2D eigenvalue weighted by Gasteiger charge is -2.05. The van der Waals surface area contributed by atoms with E-state index in [9.17, 15) is 4.79 Å². The van der Waals surface area contributed by atoms with Crippen molar-refractivity contribution in [3.05, 3.63) is 63.4 Å². The first-order valence-electron chi connectivity index (χ1n) is 6.03. The fraction of sp³-hybridized carbons (Fsp3) is 0.0769. The zero-order valence-corrected chi connectivity index (χ0v) is 12.3. The van der Waals surface area contributed by atoms with E-state index in [4.69, 9.17) is 29.6 Å². The quantitative estimate of drug-likeness (QED) is 0.735. The van der Waals surface area contributed by atoms with Crippen LogP contribution in [-0.2, 0) is 6.54 Å². The first-order valence-corrected chi connectivity index (χ1v) is 6.82. The van der Waals surface area contributed by atoms with Gasteiger partial charge in [-0.15, -0.1) is 5.10 Å². The van der Waals surface area contributed by atoms with E-state index in [-0.39, 0.29) is 17.2 Å². The Labute approximate surface area is 129 Å². The molecule has 21 heavy (non-hydrogen) atoms. The van der Waals surface area contributed by atoms with Crippen LogP contribution < -0.4 is 11.4 Å². The molecule has 3 rings (SSSR count). The van der Waals surface area contributed by atoms with Crippen LogP contribution in [0.4, 0.5) is 0 Å². The Morgan fingerprint density at radius 1 is 1.43 bits per heavy atom. The predicted molar refractivity (Wildman–Crippen MR) is 83.7 cm³/mol. The molecule has 2 N–H and O–H groups in total. The van der Waals surface area contributed by atoms with Gasteiger partial charge >= 0.3 is 5.69 Å². The van der Waals surface area contributed by atoms with E-state index >= 15 is 0 Å². The molecule has 0 radical (unpaired) electrons. The molecule has 2 aromatic heterocycles. The van der Waals surface area contributed by atoms with Gasteiger partial charge in [-0.05, 0) is 11.6 Å². The summed E-state index contributed by atoms with van der Waals surface area (Å²) in [6.07, 6.45) is 4.62. The zero-order chi connectivity index (χ0) is 15.0. The molecule has 0 spiro atoms. The van der Waals surface area contributed by atoms with Gasteiger partial charge in [-0.1, -0.05) is 36.0 Å². The first kappa shape index (κ1) is 13.7. The average Bonchev–Trinajstić information content (AvgIpc) is 2.78. The van der Waals surface area contributed by atoms with E-state index in [1.165, 1.54) is 21.5 Å². The van der Waals surface area contributed by atoms with E-state index in [1.807, 2.05) is 0 Å². The van der Waals surface area contributed by atoms with Crippen molar-refractivity contribution < 1.29 is 0 Å². The van der Waals surface area contributed by atoms with Gasteiger partial charge in [0.25, 0.3) is 0 Å². The maximum absolute atomic E-state index is 12.2. The second-order valence-electron chi connectivity index (χ2n) is 4.42.